The van der Waals surface area contributed by atoms with Gasteiger partial charge < -0.3 is 15.3 Å². The highest BCUT2D eigenvalue weighted by Gasteiger charge is 2.25. The zero-order valence-corrected chi connectivity index (χ0v) is 13.1. The molecule has 0 aliphatic rings. The maximum absolute atomic E-state index is 11.9. The second-order valence-electron chi connectivity index (χ2n) is 6.68. The van der Waals surface area contributed by atoms with E-state index in [2.05, 4.69) is 20.5 Å². The molecule has 7 heteroatoms. The Kier molecular flexibility index (Phi) is 4.88. The summed E-state index contributed by atoms with van der Waals surface area (Å²) < 4.78 is 0. The maximum Gasteiger partial charge on any atom is 0.291 e. The van der Waals surface area contributed by atoms with Gasteiger partial charge in [0.05, 0.1) is 5.60 Å². The van der Waals surface area contributed by atoms with Gasteiger partial charge in [-0.3, -0.25) is 9.89 Å². The van der Waals surface area contributed by atoms with Crippen LogP contribution in [-0.4, -0.2) is 63.9 Å². The molecule has 1 atom stereocenters. The van der Waals surface area contributed by atoms with E-state index in [1.54, 1.807) is 6.92 Å². The van der Waals surface area contributed by atoms with Crippen LogP contribution < -0.4 is 5.32 Å². The lowest BCUT2D eigenvalue weighted by Crippen LogP contribution is -2.47. The predicted molar refractivity (Wildman–Crippen MR) is 76.6 cm³/mol. The van der Waals surface area contributed by atoms with E-state index in [9.17, 15) is 9.90 Å². The molecule has 0 aromatic carbocycles. The summed E-state index contributed by atoms with van der Waals surface area (Å²) in [6.07, 6.45) is 0. The molecule has 1 heterocycles. The van der Waals surface area contributed by atoms with Crippen LogP contribution in [0, 0.1) is 0 Å². The van der Waals surface area contributed by atoms with Crippen molar-refractivity contribution in [1.82, 2.24) is 25.4 Å². The predicted octanol–water partition coefficient (Wildman–Crippen LogP) is 0.145. The lowest BCUT2D eigenvalue weighted by molar-refractivity contribution is 0.0324. The van der Waals surface area contributed by atoms with E-state index in [0.717, 1.165) is 0 Å². The van der Waals surface area contributed by atoms with Crippen LogP contribution in [0.4, 0.5) is 0 Å². The highest BCUT2D eigenvalue weighted by atomic mass is 16.3. The van der Waals surface area contributed by atoms with Crippen LogP contribution in [0.15, 0.2) is 0 Å². The van der Waals surface area contributed by atoms with Crippen molar-refractivity contribution >= 4 is 5.91 Å². The van der Waals surface area contributed by atoms with Gasteiger partial charge in [0, 0.05) is 18.5 Å². The van der Waals surface area contributed by atoms with Gasteiger partial charge in [-0.2, -0.15) is 0 Å². The zero-order valence-electron chi connectivity index (χ0n) is 13.1. The SMILES string of the molecule is CN(C)CC(C)(O)CNC(=O)c1n[nH]c(C(C)(C)C)n1. The number of aromatic amines is 1. The number of rotatable bonds is 5. The third-order valence-electron chi connectivity index (χ3n) is 2.69. The molecule has 0 aliphatic heterocycles. The topological polar surface area (TPSA) is 94.1 Å². The van der Waals surface area contributed by atoms with Gasteiger partial charge in [0.2, 0.25) is 5.82 Å². The minimum Gasteiger partial charge on any atom is -0.387 e. The second-order valence-corrected chi connectivity index (χ2v) is 6.68. The Balaban J connectivity index is 2.62. The first kappa shape index (κ1) is 16.6. The van der Waals surface area contributed by atoms with Crippen molar-refractivity contribution in [1.29, 1.82) is 0 Å². The number of hydrogen-bond acceptors (Lipinski definition) is 5. The summed E-state index contributed by atoms with van der Waals surface area (Å²) in [5.41, 5.74) is -1.19. The summed E-state index contributed by atoms with van der Waals surface area (Å²) in [6.45, 7) is 8.22. The minimum atomic E-state index is -0.998. The van der Waals surface area contributed by atoms with Crippen LogP contribution in [0.1, 0.15) is 44.1 Å². The van der Waals surface area contributed by atoms with E-state index in [1.807, 2.05) is 39.8 Å². The molecule has 0 aliphatic carbocycles. The van der Waals surface area contributed by atoms with Gasteiger partial charge in [0.1, 0.15) is 5.82 Å². The molecule has 0 saturated carbocycles. The van der Waals surface area contributed by atoms with Gasteiger partial charge in [-0.05, 0) is 21.0 Å². The summed E-state index contributed by atoms with van der Waals surface area (Å²) in [6, 6.07) is 0. The normalized spacial score (nSPS) is 15.2. The Bertz CT molecular complexity index is 460. The number of carbonyl (C=O) groups is 1. The number of amides is 1. The Hall–Kier alpha value is -1.47. The maximum atomic E-state index is 11.9. The fourth-order valence-corrected chi connectivity index (χ4v) is 1.79. The first-order valence-corrected chi connectivity index (χ1v) is 6.59. The van der Waals surface area contributed by atoms with Crippen LogP contribution in [0.5, 0.6) is 0 Å². The van der Waals surface area contributed by atoms with Gasteiger partial charge in [0.15, 0.2) is 0 Å². The molecule has 0 saturated heterocycles. The van der Waals surface area contributed by atoms with Crippen LogP contribution in [0.25, 0.3) is 0 Å². The molecule has 0 spiro atoms. The lowest BCUT2D eigenvalue weighted by atomic mass is 9.96. The standard InChI is InChI=1S/C13H25N5O2/c1-12(2,3)11-15-9(16-17-11)10(19)14-7-13(4,20)8-18(5)6/h20H,7-8H2,1-6H3,(H,14,19)(H,15,16,17). The summed E-state index contributed by atoms with van der Waals surface area (Å²) in [5, 5.41) is 19.4. The van der Waals surface area contributed by atoms with E-state index < -0.39 is 11.5 Å². The first-order valence-electron chi connectivity index (χ1n) is 6.59. The van der Waals surface area contributed by atoms with Gasteiger partial charge in [-0.1, -0.05) is 20.8 Å². The third kappa shape index (κ3) is 4.90. The molecule has 1 aromatic heterocycles. The van der Waals surface area contributed by atoms with Crippen molar-refractivity contribution in [2.75, 3.05) is 27.2 Å². The molecular formula is C13H25N5O2. The molecule has 114 valence electrons. The van der Waals surface area contributed by atoms with Crippen molar-refractivity contribution in [3.05, 3.63) is 11.6 Å². The summed E-state index contributed by atoms with van der Waals surface area (Å²) in [7, 11) is 3.72. The van der Waals surface area contributed by atoms with Crippen molar-refractivity contribution in [3.63, 3.8) is 0 Å². The number of nitrogens with one attached hydrogen (secondary N) is 2. The molecule has 20 heavy (non-hydrogen) atoms. The molecule has 1 unspecified atom stereocenters. The average Bonchev–Trinajstić information content (AvgIpc) is 2.72. The highest BCUT2D eigenvalue weighted by Crippen LogP contribution is 2.17. The fourth-order valence-electron chi connectivity index (χ4n) is 1.79. The van der Waals surface area contributed by atoms with Gasteiger partial charge >= 0.3 is 0 Å². The molecule has 1 amide bonds. The second kappa shape index (κ2) is 5.88. The largest absolute Gasteiger partial charge is 0.387 e. The van der Waals surface area contributed by atoms with Crippen molar-refractivity contribution in [2.45, 2.75) is 38.7 Å². The molecule has 1 rings (SSSR count). The van der Waals surface area contributed by atoms with Gasteiger partial charge in [-0.15, -0.1) is 5.10 Å². The van der Waals surface area contributed by atoms with Gasteiger partial charge in [0.25, 0.3) is 5.91 Å². The summed E-state index contributed by atoms with van der Waals surface area (Å²) in [4.78, 5) is 18.0. The Morgan fingerprint density at radius 1 is 1.35 bits per heavy atom. The number of nitrogens with zero attached hydrogens (tertiary/aromatic N) is 3. The molecule has 0 fully saturated rings. The van der Waals surface area contributed by atoms with E-state index in [-0.39, 0.29) is 17.8 Å². The Morgan fingerprint density at radius 3 is 2.40 bits per heavy atom. The number of hydrogen-bond donors (Lipinski definition) is 3. The molecule has 3 N–H and O–H groups in total. The molecule has 1 aromatic rings. The van der Waals surface area contributed by atoms with Gasteiger partial charge in [-0.25, -0.2) is 4.98 Å². The number of aromatic nitrogens is 3. The minimum absolute atomic E-state index is 0.0931. The van der Waals surface area contributed by atoms with Crippen molar-refractivity contribution in [3.8, 4) is 0 Å². The monoisotopic (exact) mass is 283 g/mol. The Morgan fingerprint density at radius 2 is 1.95 bits per heavy atom. The number of H-pyrrole nitrogens is 1. The third-order valence-corrected chi connectivity index (χ3v) is 2.69. The fraction of sp³-hybridized carbons (Fsp3) is 0.769. The molecular weight excluding hydrogens is 258 g/mol. The number of aliphatic hydroxyl groups is 1. The highest BCUT2D eigenvalue weighted by molar-refractivity contribution is 5.90. The molecule has 0 radical (unpaired) electrons. The first-order chi connectivity index (χ1) is 9.01. The van der Waals surface area contributed by atoms with E-state index in [4.69, 9.17) is 0 Å². The average molecular weight is 283 g/mol. The van der Waals surface area contributed by atoms with E-state index in [1.165, 1.54) is 0 Å². The zero-order chi connectivity index (χ0) is 15.6. The van der Waals surface area contributed by atoms with E-state index >= 15 is 0 Å². The summed E-state index contributed by atoms with van der Waals surface area (Å²) in [5.74, 6) is 0.356. The van der Waals surface area contributed by atoms with Crippen molar-refractivity contribution in [2.24, 2.45) is 0 Å². The molecule has 7 nitrogen and oxygen atoms in total. The Labute approximate surface area is 119 Å². The van der Waals surface area contributed by atoms with Crippen LogP contribution in [0.3, 0.4) is 0 Å². The number of likely N-dealkylation sites (N-methyl/N-ethyl adjacent to an activating group) is 1. The lowest BCUT2D eigenvalue weighted by Gasteiger charge is -2.26. The quantitative estimate of drug-likeness (QED) is 0.715. The smallest absolute Gasteiger partial charge is 0.291 e. The van der Waals surface area contributed by atoms with E-state index in [0.29, 0.717) is 12.4 Å². The van der Waals surface area contributed by atoms with Crippen molar-refractivity contribution < 1.29 is 9.90 Å². The van der Waals surface area contributed by atoms with Crippen LogP contribution in [-0.2, 0) is 5.41 Å². The number of carbonyl (C=O) groups excluding carboxylic acids is 1. The van der Waals surface area contributed by atoms with Crippen LogP contribution in [0.2, 0.25) is 0 Å². The van der Waals surface area contributed by atoms with Crippen LogP contribution >= 0.6 is 0 Å². The summed E-state index contributed by atoms with van der Waals surface area (Å²) >= 11 is 0. The molecule has 0 bridgehead atoms.